The van der Waals surface area contributed by atoms with Crippen molar-refractivity contribution >= 4 is 45.4 Å². The van der Waals surface area contributed by atoms with E-state index >= 15 is 0 Å². The minimum absolute atomic E-state index is 0.0185. The molecule has 0 fully saturated rings. The van der Waals surface area contributed by atoms with Crippen LogP contribution in [0.2, 0.25) is 0 Å². The molecule has 1 heterocycles. The number of rotatable bonds is 8. The van der Waals surface area contributed by atoms with Crippen LogP contribution in [0, 0.1) is 0 Å². The first-order valence-corrected chi connectivity index (χ1v) is 10.3. The Balaban J connectivity index is 1.66. The van der Waals surface area contributed by atoms with Crippen molar-refractivity contribution in [3.63, 3.8) is 0 Å². The number of hydrogen-bond donors (Lipinski definition) is 2. The third-order valence-electron chi connectivity index (χ3n) is 3.97. The SMILES string of the molecule is O=C(CSc1ccc(Br)cc1)Nc1c(C(=O)O)cnn1CCc1ccccc1. The molecule has 1 aromatic heterocycles. The lowest BCUT2D eigenvalue weighted by Crippen LogP contribution is -2.20. The highest BCUT2D eigenvalue weighted by molar-refractivity contribution is 9.10. The zero-order valence-corrected chi connectivity index (χ0v) is 17.2. The van der Waals surface area contributed by atoms with Crippen LogP contribution in [0.15, 0.2) is 70.2 Å². The van der Waals surface area contributed by atoms with Gasteiger partial charge in [-0.25, -0.2) is 9.48 Å². The number of aryl methyl sites for hydroxylation is 2. The largest absolute Gasteiger partial charge is 0.477 e. The van der Waals surface area contributed by atoms with Gasteiger partial charge in [-0.1, -0.05) is 46.3 Å². The van der Waals surface area contributed by atoms with Crippen molar-refractivity contribution in [2.24, 2.45) is 0 Å². The van der Waals surface area contributed by atoms with Crippen LogP contribution in [0.4, 0.5) is 5.82 Å². The minimum Gasteiger partial charge on any atom is -0.477 e. The summed E-state index contributed by atoms with van der Waals surface area (Å²) in [5.41, 5.74) is 1.09. The second kappa shape index (κ2) is 9.57. The number of thioether (sulfide) groups is 1. The fourth-order valence-corrected chi connectivity index (χ4v) is 3.53. The highest BCUT2D eigenvalue weighted by Gasteiger charge is 2.19. The molecule has 0 unspecified atom stereocenters. The summed E-state index contributed by atoms with van der Waals surface area (Å²) in [7, 11) is 0. The lowest BCUT2D eigenvalue weighted by molar-refractivity contribution is -0.113. The maximum absolute atomic E-state index is 12.4. The lowest BCUT2D eigenvalue weighted by Gasteiger charge is -2.10. The van der Waals surface area contributed by atoms with Crippen molar-refractivity contribution in [2.45, 2.75) is 17.9 Å². The first-order valence-electron chi connectivity index (χ1n) is 8.54. The van der Waals surface area contributed by atoms with Gasteiger partial charge in [0.05, 0.1) is 11.9 Å². The Morgan fingerprint density at radius 1 is 1.11 bits per heavy atom. The van der Waals surface area contributed by atoms with E-state index in [9.17, 15) is 14.7 Å². The Morgan fingerprint density at radius 3 is 2.50 bits per heavy atom. The van der Waals surface area contributed by atoms with E-state index in [4.69, 9.17) is 0 Å². The Labute approximate surface area is 175 Å². The van der Waals surface area contributed by atoms with Gasteiger partial charge in [-0.3, -0.25) is 4.79 Å². The third kappa shape index (κ3) is 5.46. The number of carboxylic acid groups (broad SMARTS) is 1. The summed E-state index contributed by atoms with van der Waals surface area (Å²) in [6, 6.07) is 17.5. The van der Waals surface area contributed by atoms with Crippen LogP contribution in [-0.4, -0.2) is 32.5 Å². The predicted octanol–water partition coefficient (Wildman–Crippen LogP) is 4.32. The number of carbonyl (C=O) groups excluding carboxylic acids is 1. The summed E-state index contributed by atoms with van der Waals surface area (Å²) in [4.78, 5) is 24.8. The van der Waals surface area contributed by atoms with Gasteiger partial charge >= 0.3 is 5.97 Å². The number of benzene rings is 2. The van der Waals surface area contributed by atoms with Crippen LogP contribution < -0.4 is 5.32 Å². The molecule has 0 aliphatic heterocycles. The number of aromatic nitrogens is 2. The average molecular weight is 460 g/mol. The van der Waals surface area contributed by atoms with Gasteiger partial charge in [0.2, 0.25) is 5.91 Å². The van der Waals surface area contributed by atoms with Crippen LogP contribution >= 0.6 is 27.7 Å². The zero-order chi connectivity index (χ0) is 19.9. The molecule has 0 aliphatic carbocycles. The van der Waals surface area contributed by atoms with Crippen molar-refractivity contribution in [2.75, 3.05) is 11.1 Å². The maximum Gasteiger partial charge on any atom is 0.341 e. The summed E-state index contributed by atoms with van der Waals surface area (Å²) < 4.78 is 2.49. The van der Waals surface area contributed by atoms with Crippen LogP contribution in [0.3, 0.4) is 0 Å². The van der Waals surface area contributed by atoms with E-state index in [0.717, 1.165) is 14.9 Å². The average Bonchev–Trinajstić information content (AvgIpc) is 3.09. The fraction of sp³-hybridized carbons (Fsp3) is 0.150. The molecule has 0 atom stereocenters. The van der Waals surface area contributed by atoms with Crippen LogP contribution in [-0.2, 0) is 17.8 Å². The molecule has 0 spiro atoms. The molecular formula is C20H18BrN3O3S. The van der Waals surface area contributed by atoms with Crippen LogP contribution in [0.1, 0.15) is 15.9 Å². The van der Waals surface area contributed by atoms with E-state index < -0.39 is 5.97 Å². The first kappa shape index (κ1) is 20.2. The normalized spacial score (nSPS) is 10.6. The first-order chi connectivity index (χ1) is 13.5. The van der Waals surface area contributed by atoms with E-state index in [1.807, 2.05) is 54.6 Å². The number of aromatic carboxylic acids is 1. The van der Waals surface area contributed by atoms with Gasteiger partial charge in [-0.2, -0.15) is 5.10 Å². The van der Waals surface area contributed by atoms with Crippen LogP contribution in [0.25, 0.3) is 0 Å². The Kier molecular flexibility index (Phi) is 6.89. The summed E-state index contributed by atoms with van der Waals surface area (Å²) in [6.07, 6.45) is 1.95. The van der Waals surface area contributed by atoms with Gasteiger partial charge in [0.1, 0.15) is 11.4 Å². The second-order valence-electron chi connectivity index (χ2n) is 5.96. The topological polar surface area (TPSA) is 84.2 Å². The van der Waals surface area contributed by atoms with E-state index in [1.54, 1.807) is 0 Å². The Bertz CT molecular complexity index is 959. The van der Waals surface area contributed by atoms with E-state index in [0.29, 0.717) is 13.0 Å². The summed E-state index contributed by atoms with van der Waals surface area (Å²) in [5.74, 6) is -1.02. The third-order valence-corrected chi connectivity index (χ3v) is 5.51. The number of carboxylic acids is 1. The van der Waals surface area contributed by atoms with Crippen molar-refractivity contribution in [3.8, 4) is 0 Å². The predicted molar refractivity (Wildman–Crippen MR) is 113 cm³/mol. The lowest BCUT2D eigenvalue weighted by atomic mass is 10.1. The molecule has 0 radical (unpaired) electrons. The van der Waals surface area contributed by atoms with Gasteiger partial charge in [0.15, 0.2) is 0 Å². The Morgan fingerprint density at radius 2 is 1.82 bits per heavy atom. The zero-order valence-electron chi connectivity index (χ0n) is 14.8. The monoisotopic (exact) mass is 459 g/mol. The standard InChI is InChI=1S/C20H18BrN3O3S/c21-15-6-8-16(9-7-15)28-13-18(25)23-19-17(20(26)27)12-22-24(19)11-10-14-4-2-1-3-5-14/h1-9,12H,10-11,13H2,(H,23,25)(H,26,27). The number of amides is 1. The number of anilines is 1. The summed E-state index contributed by atoms with van der Waals surface area (Å²) in [5, 5.41) is 16.2. The van der Waals surface area contributed by atoms with E-state index in [-0.39, 0.29) is 23.0 Å². The molecule has 0 saturated carbocycles. The smallest absolute Gasteiger partial charge is 0.341 e. The molecule has 2 aromatic carbocycles. The Hall–Kier alpha value is -2.58. The quantitative estimate of drug-likeness (QED) is 0.490. The van der Waals surface area contributed by atoms with Crippen molar-refractivity contribution in [3.05, 3.63) is 76.4 Å². The van der Waals surface area contributed by atoms with Gasteiger partial charge in [-0.15, -0.1) is 11.8 Å². The molecule has 144 valence electrons. The fourth-order valence-electron chi connectivity index (χ4n) is 2.57. The molecular weight excluding hydrogens is 442 g/mol. The van der Waals surface area contributed by atoms with Gasteiger partial charge < -0.3 is 10.4 Å². The van der Waals surface area contributed by atoms with Gasteiger partial charge in [-0.05, 0) is 36.2 Å². The van der Waals surface area contributed by atoms with Gasteiger partial charge in [0, 0.05) is 15.9 Å². The number of nitrogens with zero attached hydrogens (tertiary/aromatic N) is 2. The van der Waals surface area contributed by atoms with Crippen LogP contribution in [0.5, 0.6) is 0 Å². The van der Waals surface area contributed by atoms with Crippen molar-refractivity contribution in [1.29, 1.82) is 0 Å². The summed E-state index contributed by atoms with van der Waals surface area (Å²) in [6.45, 7) is 0.465. The van der Waals surface area contributed by atoms with Crippen molar-refractivity contribution in [1.82, 2.24) is 9.78 Å². The highest BCUT2D eigenvalue weighted by atomic mass is 79.9. The number of halogens is 1. The number of hydrogen-bond acceptors (Lipinski definition) is 4. The van der Waals surface area contributed by atoms with Crippen molar-refractivity contribution < 1.29 is 14.7 Å². The van der Waals surface area contributed by atoms with E-state index in [1.165, 1.54) is 22.6 Å². The van der Waals surface area contributed by atoms with Gasteiger partial charge in [0.25, 0.3) is 0 Å². The number of carbonyl (C=O) groups is 2. The molecule has 0 bridgehead atoms. The summed E-state index contributed by atoms with van der Waals surface area (Å²) >= 11 is 4.75. The highest BCUT2D eigenvalue weighted by Crippen LogP contribution is 2.22. The molecule has 2 N–H and O–H groups in total. The molecule has 6 nitrogen and oxygen atoms in total. The molecule has 28 heavy (non-hydrogen) atoms. The molecule has 3 aromatic rings. The maximum atomic E-state index is 12.4. The second-order valence-corrected chi connectivity index (χ2v) is 7.93. The number of nitrogens with one attached hydrogen (secondary N) is 1. The minimum atomic E-state index is -1.12. The molecule has 8 heteroatoms. The molecule has 3 rings (SSSR count). The molecule has 0 aliphatic rings. The van der Waals surface area contributed by atoms with E-state index in [2.05, 4.69) is 26.3 Å². The molecule has 0 saturated heterocycles. The molecule has 1 amide bonds.